The van der Waals surface area contributed by atoms with Gasteiger partial charge in [0.25, 0.3) is 10.1 Å². The number of rotatable bonds is 3. The number of carbonyl (C=O) groups excluding carboxylic acids is 1. The van der Waals surface area contributed by atoms with Gasteiger partial charge in [-0.25, -0.2) is 4.79 Å². The molecule has 140 valence electrons. The Morgan fingerprint density at radius 2 is 1.80 bits per heavy atom. The third kappa shape index (κ3) is 5.44. The van der Waals surface area contributed by atoms with Gasteiger partial charge < -0.3 is 9.64 Å². The molecule has 1 aromatic carbocycles. The summed E-state index contributed by atoms with van der Waals surface area (Å²) >= 11 is 0. The van der Waals surface area contributed by atoms with Crippen LogP contribution in [-0.4, -0.2) is 43.7 Å². The molecule has 1 aromatic rings. The molecule has 0 N–H and O–H groups in total. The molecular weight excluding hydrogens is 342 g/mol. The van der Waals surface area contributed by atoms with Crippen LogP contribution in [0.25, 0.3) is 0 Å². The monoisotopic (exact) mass is 369 g/mol. The number of carbonyl (C=O) groups is 1. The highest BCUT2D eigenvalue weighted by molar-refractivity contribution is 7.86. The van der Waals surface area contributed by atoms with Gasteiger partial charge >= 0.3 is 6.09 Å². The number of ether oxygens (including phenoxy) is 1. The van der Waals surface area contributed by atoms with E-state index in [0.29, 0.717) is 19.4 Å². The van der Waals surface area contributed by atoms with Gasteiger partial charge in [-0.15, -0.1) is 0 Å². The van der Waals surface area contributed by atoms with E-state index in [9.17, 15) is 13.2 Å². The summed E-state index contributed by atoms with van der Waals surface area (Å²) in [4.78, 5) is 14.0. The Hall–Kier alpha value is -1.60. The van der Waals surface area contributed by atoms with Crippen LogP contribution in [0.15, 0.2) is 29.2 Å². The molecular formula is C18H27NO5S. The van der Waals surface area contributed by atoms with Crippen molar-refractivity contribution < 1.29 is 22.1 Å². The van der Waals surface area contributed by atoms with Crippen molar-refractivity contribution in [3.05, 3.63) is 29.8 Å². The molecule has 1 amide bonds. The van der Waals surface area contributed by atoms with Gasteiger partial charge in [0.15, 0.2) is 0 Å². The van der Waals surface area contributed by atoms with E-state index in [0.717, 1.165) is 5.56 Å². The van der Waals surface area contributed by atoms with Crippen molar-refractivity contribution in [1.29, 1.82) is 0 Å². The maximum Gasteiger partial charge on any atom is 0.410 e. The summed E-state index contributed by atoms with van der Waals surface area (Å²) in [7, 11) is -3.80. The van der Waals surface area contributed by atoms with E-state index in [1.165, 1.54) is 0 Å². The van der Waals surface area contributed by atoms with Gasteiger partial charge in [-0.2, -0.15) is 8.42 Å². The molecule has 1 fully saturated rings. The Morgan fingerprint density at radius 3 is 2.32 bits per heavy atom. The average Bonchev–Trinajstić information content (AvgIpc) is 2.45. The van der Waals surface area contributed by atoms with Crippen LogP contribution in [0.1, 0.15) is 46.1 Å². The zero-order valence-corrected chi connectivity index (χ0v) is 16.3. The van der Waals surface area contributed by atoms with Gasteiger partial charge in [-0.05, 0) is 59.6 Å². The standard InChI is InChI=1S/C18H27NO5S/c1-13-6-8-16(9-7-13)25(21,22)24-15-10-11-19(14(2)12-15)17(20)23-18(3,4)5/h6-9,14-15H,10-12H2,1-5H3/t14-,15+/m0/s1. The number of hydrogen-bond donors (Lipinski definition) is 0. The van der Waals surface area contributed by atoms with Crippen LogP contribution in [0.3, 0.4) is 0 Å². The molecule has 2 atom stereocenters. The topological polar surface area (TPSA) is 72.9 Å². The van der Waals surface area contributed by atoms with E-state index in [4.69, 9.17) is 8.92 Å². The smallest absolute Gasteiger partial charge is 0.410 e. The molecule has 0 spiro atoms. The molecule has 1 saturated heterocycles. The molecule has 0 aromatic heterocycles. The number of amides is 1. The molecule has 0 radical (unpaired) electrons. The van der Waals surface area contributed by atoms with Crippen molar-refractivity contribution in [1.82, 2.24) is 4.90 Å². The van der Waals surface area contributed by atoms with Crippen LogP contribution >= 0.6 is 0 Å². The van der Waals surface area contributed by atoms with Gasteiger partial charge in [0.2, 0.25) is 0 Å². The first kappa shape index (κ1) is 19.7. The fourth-order valence-electron chi connectivity index (χ4n) is 2.75. The molecule has 1 heterocycles. The highest BCUT2D eigenvalue weighted by atomic mass is 32.2. The number of aryl methyl sites for hydroxylation is 1. The fraction of sp³-hybridized carbons (Fsp3) is 0.611. The molecule has 6 nitrogen and oxygen atoms in total. The zero-order valence-electron chi connectivity index (χ0n) is 15.5. The largest absolute Gasteiger partial charge is 0.444 e. The quantitative estimate of drug-likeness (QED) is 0.763. The maximum absolute atomic E-state index is 12.4. The molecule has 0 bridgehead atoms. The van der Waals surface area contributed by atoms with Gasteiger partial charge in [0, 0.05) is 12.6 Å². The first-order chi connectivity index (χ1) is 11.5. The summed E-state index contributed by atoms with van der Waals surface area (Å²) in [5.74, 6) is 0. The van der Waals surface area contributed by atoms with Gasteiger partial charge in [0.05, 0.1) is 11.0 Å². The Kier molecular flexibility index (Phi) is 5.79. The summed E-state index contributed by atoms with van der Waals surface area (Å²) in [5.41, 5.74) is 0.428. The van der Waals surface area contributed by atoms with Gasteiger partial charge in [-0.3, -0.25) is 4.18 Å². The van der Waals surface area contributed by atoms with Crippen molar-refractivity contribution >= 4 is 16.2 Å². The van der Waals surface area contributed by atoms with Crippen molar-refractivity contribution in [2.45, 2.75) is 70.1 Å². The SMILES string of the molecule is Cc1ccc(S(=O)(=O)O[C@@H]2CCN(C(=O)OC(C)(C)C)[C@@H](C)C2)cc1. The zero-order chi connectivity index (χ0) is 18.8. The maximum atomic E-state index is 12.4. The van der Waals surface area contributed by atoms with E-state index in [2.05, 4.69) is 0 Å². The second kappa shape index (κ2) is 7.33. The normalized spacial score (nSPS) is 21.9. The number of likely N-dealkylation sites (tertiary alicyclic amines) is 1. The number of nitrogens with zero attached hydrogens (tertiary/aromatic N) is 1. The minimum atomic E-state index is -3.80. The van der Waals surface area contributed by atoms with Crippen LogP contribution in [0.2, 0.25) is 0 Å². The van der Waals surface area contributed by atoms with Gasteiger partial charge in [0.1, 0.15) is 5.60 Å². The third-order valence-electron chi connectivity index (χ3n) is 4.03. The highest BCUT2D eigenvalue weighted by Crippen LogP contribution is 2.25. The lowest BCUT2D eigenvalue weighted by Crippen LogP contribution is -2.48. The lowest BCUT2D eigenvalue weighted by Gasteiger charge is -2.37. The lowest BCUT2D eigenvalue weighted by atomic mass is 10.0. The predicted octanol–water partition coefficient (Wildman–Crippen LogP) is 3.49. The molecule has 0 aliphatic carbocycles. The lowest BCUT2D eigenvalue weighted by molar-refractivity contribution is -0.000142. The molecule has 0 unspecified atom stereocenters. The number of benzene rings is 1. The molecule has 1 aliphatic rings. The average molecular weight is 369 g/mol. The molecule has 0 saturated carbocycles. The van der Waals surface area contributed by atoms with Gasteiger partial charge in [-0.1, -0.05) is 17.7 Å². The van der Waals surface area contributed by atoms with E-state index < -0.39 is 21.8 Å². The Balaban J connectivity index is 1.99. The minimum Gasteiger partial charge on any atom is -0.444 e. The predicted molar refractivity (Wildman–Crippen MR) is 94.9 cm³/mol. The third-order valence-corrected chi connectivity index (χ3v) is 5.40. The summed E-state index contributed by atoms with van der Waals surface area (Å²) in [5, 5.41) is 0. The van der Waals surface area contributed by atoms with Crippen molar-refractivity contribution in [3.63, 3.8) is 0 Å². The molecule has 2 rings (SSSR count). The van der Waals surface area contributed by atoms with Crippen LogP contribution < -0.4 is 0 Å². The van der Waals surface area contributed by atoms with E-state index in [-0.39, 0.29) is 17.0 Å². The van der Waals surface area contributed by atoms with E-state index in [1.807, 2.05) is 34.6 Å². The summed E-state index contributed by atoms with van der Waals surface area (Å²) in [6.45, 7) is 9.63. The van der Waals surface area contributed by atoms with Crippen LogP contribution in [-0.2, 0) is 19.0 Å². The highest BCUT2D eigenvalue weighted by Gasteiger charge is 2.34. The van der Waals surface area contributed by atoms with Crippen molar-refractivity contribution in [2.75, 3.05) is 6.54 Å². The Bertz CT molecular complexity index is 706. The van der Waals surface area contributed by atoms with Crippen molar-refractivity contribution in [3.8, 4) is 0 Å². The fourth-order valence-corrected chi connectivity index (χ4v) is 3.86. The van der Waals surface area contributed by atoms with Crippen LogP contribution in [0, 0.1) is 6.92 Å². The second-order valence-electron chi connectivity index (χ2n) is 7.53. The Morgan fingerprint density at radius 1 is 1.20 bits per heavy atom. The molecule has 7 heteroatoms. The first-order valence-electron chi connectivity index (χ1n) is 8.47. The number of piperidine rings is 1. The van der Waals surface area contributed by atoms with E-state index >= 15 is 0 Å². The minimum absolute atomic E-state index is 0.151. The van der Waals surface area contributed by atoms with Crippen molar-refractivity contribution in [2.24, 2.45) is 0 Å². The van der Waals surface area contributed by atoms with Crippen LogP contribution in [0.4, 0.5) is 4.79 Å². The van der Waals surface area contributed by atoms with E-state index in [1.54, 1.807) is 29.2 Å². The first-order valence-corrected chi connectivity index (χ1v) is 9.88. The number of hydrogen-bond acceptors (Lipinski definition) is 5. The summed E-state index contributed by atoms with van der Waals surface area (Å²) < 4.78 is 35.6. The summed E-state index contributed by atoms with van der Waals surface area (Å²) in [6.07, 6.45) is 0.0822. The van der Waals surface area contributed by atoms with Crippen LogP contribution in [0.5, 0.6) is 0 Å². The summed E-state index contributed by atoms with van der Waals surface area (Å²) in [6, 6.07) is 6.42. The second-order valence-corrected chi connectivity index (χ2v) is 9.10. The molecule has 1 aliphatic heterocycles. The molecule has 25 heavy (non-hydrogen) atoms. The Labute approximate surface area is 150 Å².